The first-order valence-electron chi connectivity index (χ1n) is 12.0. The third-order valence-electron chi connectivity index (χ3n) is 5.67. The van der Waals surface area contributed by atoms with Crippen LogP contribution < -0.4 is 20.9 Å². The van der Waals surface area contributed by atoms with Crippen molar-refractivity contribution < 1.29 is 18.3 Å². The van der Waals surface area contributed by atoms with Gasteiger partial charge in [-0.2, -0.15) is 0 Å². The zero-order chi connectivity index (χ0) is 27.1. The van der Waals surface area contributed by atoms with Crippen molar-refractivity contribution in [1.29, 1.82) is 5.41 Å². The standard InChI is InChI=1S/C26H27F2N7O3/c1-2-37-18-14-19(22(28)21(15-18)38-12-3-9-27)20(13-16-5-7-17(8-6-16)23(29)30)24-33-26(36)35(34-24)25-31-10-4-11-32-25/h4-8,10-11,14-15,20H,2-3,9,12-13H2,1H3,(H3,29,30)(H,33,34,36). The molecule has 0 fully saturated rings. The molecule has 12 heteroatoms. The largest absolute Gasteiger partial charge is 0.494 e. The Bertz CT molecular complexity index is 1440. The van der Waals surface area contributed by atoms with Gasteiger partial charge in [-0.15, -0.1) is 9.78 Å². The lowest BCUT2D eigenvalue weighted by Gasteiger charge is -2.19. The van der Waals surface area contributed by atoms with Gasteiger partial charge >= 0.3 is 5.69 Å². The van der Waals surface area contributed by atoms with Crippen molar-refractivity contribution in [2.75, 3.05) is 19.9 Å². The second-order valence-electron chi connectivity index (χ2n) is 8.29. The van der Waals surface area contributed by atoms with E-state index < -0.39 is 24.1 Å². The zero-order valence-electron chi connectivity index (χ0n) is 20.7. The number of halogens is 2. The summed E-state index contributed by atoms with van der Waals surface area (Å²) in [6, 6.07) is 11.5. The maximum Gasteiger partial charge on any atom is 0.350 e. The Morgan fingerprint density at radius 2 is 1.92 bits per heavy atom. The van der Waals surface area contributed by atoms with E-state index in [-0.39, 0.29) is 48.4 Å². The second kappa shape index (κ2) is 12.1. The Hall–Kier alpha value is -4.61. The Morgan fingerprint density at radius 3 is 2.58 bits per heavy atom. The maximum atomic E-state index is 15.9. The fraction of sp³-hybridized carbons (Fsp3) is 0.269. The van der Waals surface area contributed by atoms with Crippen LogP contribution in [0.4, 0.5) is 8.78 Å². The van der Waals surface area contributed by atoms with Crippen LogP contribution in [0.3, 0.4) is 0 Å². The lowest BCUT2D eigenvalue weighted by molar-refractivity contribution is 0.272. The maximum absolute atomic E-state index is 15.9. The summed E-state index contributed by atoms with van der Waals surface area (Å²) >= 11 is 0. The van der Waals surface area contributed by atoms with Gasteiger partial charge in [0, 0.05) is 36.0 Å². The van der Waals surface area contributed by atoms with Crippen molar-refractivity contribution in [3.8, 4) is 17.4 Å². The number of nitrogens with two attached hydrogens (primary N) is 1. The van der Waals surface area contributed by atoms with Crippen molar-refractivity contribution >= 4 is 5.84 Å². The highest BCUT2D eigenvalue weighted by Gasteiger charge is 2.27. The molecule has 4 N–H and O–H groups in total. The first-order chi connectivity index (χ1) is 18.4. The van der Waals surface area contributed by atoms with Gasteiger partial charge in [-0.1, -0.05) is 24.3 Å². The van der Waals surface area contributed by atoms with E-state index in [9.17, 15) is 9.18 Å². The number of alkyl halides is 1. The van der Waals surface area contributed by atoms with E-state index in [0.717, 1.165) is 10.2 Å². The van der Waals surface area contributed by atoms with E-state index in [0.29, 0.717) is 17.9 Å². The Balaban J connectivity index is 1.83. The molecule has 0 amide bonds. The van der Waals surface area contributed by atoms with Gasteiger partial charge in [0.2, 0.25) is 0 Å². The molecule has 0 bridgehead atoms. The van der Waals surface area contributed by atoms with Crippen LogP contribution in [0.1, 0.15) is 41.8 Å². The van der Waals surface area contributed by atoms with Gasteiger partial charge in [-0.05, 0) is 31.0 Å². The second-order valence-corrected chi connectivity index (χ2v) is 8.29. The number of nitrogen functional groups attached to an aromatic ring is 1. The molecule has 0 aliphatic carbocycles. The molecule has 0 aliphatic rings. The first kappa shape index (κ1) is 26.5. The molecule has 4 rings (SSSR count). The number of aromatic amines is 1. The molecule has 0 radical (unpaired) electrons. The number of ether oxygens (including phenoxy) is 2. The summed E-state index contributed by atoms with van der Waals surface area (Å²) in [5.74, 6) is -1.06. The van der Waals surface area contributed by atoms with Crippen molar-refractivity contribution in [2.24, 2.45) is 5.73 Å². The number of benzene rings is 2. The molecule has 198 valence electrons. The number of nitrogens with zero attached hydrogens (tertiary/aromatic N) is 4. The van der Waals surface area contributed by atoms with Gasteiger partial charge in [0.05, 0.1) is 25.8 Å². The summed E-state index contributed by atoms with van der Waals surface area (Å²) < 4.78 is 40.7. The molecule has 1 atom stereocenters. The predicted molar refractivity (Wildman–Crippen MR) is 136 cm³/mol. The Morgan fingerprint density at radius 1 is 1.18 bits per heavy atom. The molecule has 1 unspecified atom stereocenters. The van der Waals surface area contributed by atoms with Crippen LogP contribution in [0.15, 0.2) is 59.7 Å². The van der Waals surface area contributed by atoms with Gasteiger partial charge in [0.25, 0.3) is 5.95 Å². The van der Waals surface area contributed by atoms with Gasteiger partial charge in [-0.25, -0.2) is 19.2 Å². The fourth-order valence-corrected chi connectivity index (χ4v) is 3.88. The minimum absolute atomic E-state index is 0.0174. The molecule has 38 heavy (non-hydrogen) atoms. The average Bonchev–Trinajstić information content (AvgIpc) is 3.31. The molecule has 0 spiro atoms. The first-order valence-corrected chi connectivity index (χ1v) is 12.0. The number of aromatic nitrogens is 5. The zero-order valence-corrected chi connectivity index (χ0v) is 20.7. The van der Waals surface area contributed by atoms with Crippen LogP contribution >= 0.6 is 0 Å². The monoisotopic (exact) mass is 523 g/mol. The lowest BCUT2D eigenvalue weighted by Crippen LogP contribution is -2.18. The average molecular weight is 524 g/mol. The fourth-order valence-electron chi connectivity index (χ4n) is 3.88. The van der Waals surface area contributed by atoms with E-state index in [1.165, 1.54) is 24.5 Å². The molecule has 2 heterocycles. The number of H-pyrrole nitrogens is 1. The van der Waals surface area contributed by atoms with Crippen LogP contribution in [-0.4, -0.2) is 50.5 Å². The van der Waals surface area contributed by atoms with Crippen molar-refractivity contribution in [3.63, 3.8) is 0 Å². The van der Waals surface area contributed by atoms with Gasteiger partial charge < -0.3 is 15.2 Å². The summed E-state index contributed by atoms with van der Waals surface area (Å²) in [6.45, 7) is 1.50. The molecule has 0 saturated heterocycles. The molecule has 10 nitrogen and oxygen atoms in total. The number of rotatable bonds is 12. The van der Waals surface area contributed by atoms with Gasteiger partial charge in [0.1, 0.15) is 17.4 Å². The van der Waals surface area contributed by atoms with Crippen LogP contribution in [0.25, 0.3) is 5.95 Å². The highest BCUT2D eigenvalue weighted by atomic mass is 19.1. The van der Waals surface area contributed by atoms with Crippen LogP contribution in [0, 0.1) is 11.2 Å². The molecular weight excluding hydrogens is 496 g/mol. The van der Waals surface area contributed by atoms with E-state index in [4.69, 9.17) is 20.6 Å². The summed E-state index contributed by atoms with van der Waals surface area (Å²) in [5.41, 5.74) is 6.45. The van der Waals surface area contributed by atoms with Crippen LogP contribution in [0.2, 0.25) is 0 Å². The molecular formula is C26H27F2N7O3. The number of amidine groups is 1. The van der Waals surface area contributed by atoms with E-state index in [2.05, 4.69) is 20.1 Å². The van der Waals surface area contributed by atoms with Gasteiger partial charge in [0.15, 0.2) is 11.6 Å². The summed E-state index contributed by atoms with van der Waals surface area (Å²) in [5, 5.41) is 12.0. The summed E-state index contributed by atoms with van der Waals surface area (Å²) in [7, 11) is 0. The number of hydrogen-bond donors (Lipinski definition) is 3. The van der Waals surface area contributed by atoms with E-state index >= 15 is 4.39 Å². The Kier molecular flexibility index (Phi) is 8.41. The Labute approximate surface area is 217 Å². The molecule has 2 aromatic heterocycles. The van der Waals surface area contributed by atoms with E-state index in [1.807, 2.05) is 0 Å². The number of nitrogens with one attached hydrogen (secondary N) is 2. The highest BCUT2D eigenvalue weighted by molar-refractivity contribution is 5.94. The third-order valence-corrected chi connectivity index (χ3v) is 5.67. The van der Waals surface area contributed by atoms with Crippen molar-refractivity contribution in [1.82, 2.24) is 24.7 Å². The topological polar surface area (TPSA) is 145 Å². The minimum Gasteiger partial charge on any atom is -0.494 e. The molecule has 2 aromatic carbocycles. The number of hydrogen-bond acceptors (Lipinski definition) is 7. The summed E-state index contributed by atoms with van der Waals surface area (Å²) in [4.78, 5) is 23.6. The van der Waals surface area contributed by atoms with Crippen LogP contribution in [-0.2, 0) is 6.42 Å². The van der Waals surface area contributed by atoms with E-state index in [1.54, 1.807) is 37.3 Å². The van der Waals surface area contributed by atoms with Crippen LogP contribution in [0.5, 0.6) is 11.5 Å². The lowest BCUT2D eigenvalue weighted by atomic mass is 9.90. The normalized spacial score (nSPS) is 11.8. The van der Waals surface area contributed by atoms with Crippen molar-refractivity contribution in [2.45, 2.75) is 25.7 Å². The van der Waals surface area contributed by atoms with Crippen molar-refractivity contribution in [3.05, 3.63) is 93.7 Å². The highest BCUT2D eigenvalue weighted by Crippen LogP contribution is 2.36. The molecule has 0 saturated carbocycles. The molecule has 4 aromatic rings. The SMILES string of the molecule is CCOc1cc(OCCCF)c(F)c(C(Cc2ccc(C(=N)N)cc2)c2nn(-c3ncccn3)c(=O)[nH]2)c1. The minimum atomic E-state index is -0.792. The quantitative estimate of drug-likeness (QED) is 0.147. The van der Waals surface area contributed by atoms with Gasteiger partial charge in [-0.3, -0.25) is 14.8 Å². The predicted octanol–water partition coefficient (Wildman–Crippen LogP) is 3.29. The molecule has 0 aliphatic heterocycles. The smallest absolute Gasteiger partial charge is 0.350 e. The third kappa shape index (κ3) is 6.02. The summed E-state index contributed by atoms with van der Waals surface area (Å²) in [6.07, 6.45) is 3.28.